The smallest absolute Gasteiger partial charge is 0.305 e. The van der Waals surface area contributed by atoms with E-state index in [1.807, 2.05) is 60.7 Å². The van der Waals surface area contributed by atoms with Gasteiger partial charge in [-0.05, 0) is 49.7 Å². The minimum absolute atomic E-state index is 0.175. The highest BCUT2D eigenvalue weighted by Gasteiger charge is 2.08. The summed E-state index contributed by atoms with van der Waals surface area (Å²) in [5.74, 6) is -0.944. The van der Waals surface area contributed by atoms with Gasteiger partial charge in [-0.15, -0.1) is 0 Å². The molecule has 0 heterocycles. The van der Waals surface area contributed by atoms with Crippen LogP contribution in [-0.4, -0.2) is 50.1 Å². The monoisotopic (exact) mass is 524 g/mol. The number of hydrogen-bond donors (Lipinski definition) is 2. The summed E-state index contributed by atoms with van der Waals surface area (Å²) in [6.45, 7) is 1.35. The standard InChI is InChI=1S/C30H40N2O6/c33-27(17-7-19-29(35)37-23-9-15-25-11-3-1-4-12-25)31-21-22-32-28(34)18-8-20-30(36)38-24-10-16-26-13-5-2-6-14-26/h1-6,11-14H,7-10,15-24H2,(H,31,33)(H,32,34). The van der Waals surface area contributed by atoms with Gasteiger partial charge in [0, 0.05) is 38.8 Å². The van der Waals surface area contributed by atoms with Crippen LogP contribution in [0.5, 0.6) is 0 Å². The molecule has 206 valence electrons. The molecule has 38 heavy (non-hydrogen) atoms. The minimum atomic E-state index is -0.297. The Morgan fingerprint density at radius 3 is 1.32 bits per heavy atom. The van der Waals surface area contributed by atoms with Crippen LogP contribution >= 0.6 is 0 Å². The van der Waals surface area contributed by atoms with E-state index in [0.29, 0.717) is 39.1 Å². The number of rotatable bonds is 19. The summed E-state index contributed by atoms with van der Waals surface area (Å²) in [4.78, 5) is 47.4. The molecule has 0 fully saturated rings. The van der Waals surface area contributed by atoms with E-state index in [1.54, 1.807) is 0 Å². The molecule has 0 unspecified atom stereocenters. The quantitative estimate of drug-likeness (QED) is 0.213. The molecule has 0 aliphatic rings. The van der Waals surface area contributed by atoms with Gasteiger partial charge in [-0.3, -0.25) is 19.2 Å². The molecule has 2 N–H and O–H groups in total. The van der Waals surface area contributed by atoms with E-state index in [4.69, 9.17) is 9.47 Å². The van der Waals surface area contributed by atoms with Crippen LogP contribution in [0.3, 0.4) is 0 Å². The van der Waals surface area contributed by atoms with Crippen molar-refractivity contribution >= 4 is 23.8 Å². The normalized spacial score (nSPS) is 10.4. The number of esters is 2. The Kier molecular flexibility index (Phi) is 15.6. The van der Waals surface area contributed by atoms with Gasteiger partial charge in [0.1, 0.15) is 0 Å². The number of carbonyl (C=O) groups is 4. The highest BCUT2D eigenvalue weighted by molar-refractivity contribution is 5.78. The van der Waals surface area contributed by atoms with Gasteiger partial charge in [0.15, 0.2) is 0 Å². The molecule has 0 bridgehead atoms. The molecule has 0 radical (unpaired) electrons. The molecular formula is C30H40N2O6. The van der Waals surface area contributed by atoms with Gasteiger partial charge in [-0.2, -0.15) is 0 Å². The summed E-state index contributed by atoms with van der Waals surface area (Å²) < 4.78 is 10.4. The molecular weight excluding hydrogens is 484 g/mol. The first-order chi connectivity index (χ1) is 18.5. The van der Waals surface area contributed by atoms with Crippen LogP contribution in [-0.2, 0) is 41.5 Å². The molecule has 0 saturated carbocycles. The molecule has 8 heteroatoms. The van der Waals surface area contributed by atoms with Crippen molar-refractivity contribution in [2.24, 2.45) is 0 Å². The Hall–Kier alpha value is -3.68. The third-order valence-corrected chi connectivity index (χ3v) is 5.77. The predicted molar refractivity (Wildman–Crippen MR) is 145 cm³/mol. The number of carbonyl (C=O) groups excluding carboxylic acids is 4. The molecule has 0 aliphatic heterocycles. The maximum absolute atomic E-state index is 11.9. The first kappa shape index (κ1) is 30.5. The molecule has 2 amide bonds. The summed E-state index contributed by atoms with van der Waals surface area (Å²) >= 11 is 0. The van der Waals surface area contributed by atoms with Crippen LogP contribution in [0.4, 0.5) is 0 Å². The minimum Gasteiger partial charge on any atom is -0.466 e. The number of hydrogen-bond acceptors (Lipinski definition) is 6. The number of amides is 2. The van der Waals surface area contributed by atoms with E-state index < -0.39 is 0 Å². The molecule has 2 aromatic carbocycles. The summed E-state index contributed by atoms with van der Waals surface area (Å²) in [5, 5.41) is 5.43. The fourth-order valence-electron chi connectivity index (χ4n) is 3.73. The van der Waals surface area contributed by atoms with Gasteiger partial charge >= 0.3 is 11.9 Å². The van der Waals surface area contributed by atoms with Crippen LogP contribution in [0.2, 0.25) is 0 Å². The van der Waals surface area contributed by atoms with Gasteiger partial charge in [-0.1, -0.05) is 60.7 Å². The van der Waals surface area contributed by atoms with Crippen molar-refractivity contribution in [3.63, 3.8) is 0 Å². The summed E-state index contributed by atoms with van der Waals surface area (Å²) in [7, 11) is 0. The summed E-state index contributed by atoms with van der Waals surface area (Å²) in [6, 6.07) is 20.0. The maximum Gasteiger partial charge on any atom is 0.305 e. The zero-order valence-electron chi connectivity index (χ0n) is 22.1. The third kappa shape index (κ3) is 15.4. The molecule has 0 aliphatic carbocycles. The number of ether oxygens (including phenoxy) is 2. The Bertz CT molecular complexity index is 886. The summed E-state index contributed by atoms with van der Waals surface area (Å²) in [6.07, 6.45) is 4.92. The molecule has 2 rings (SSSR count). The van der Waals surface area contributed by atoms with Gasteiger partial charge < -0.3 is 20.1 Å². The van der Waals surface area contributed by atoms with Gasteiger partial charge in [0.2, 0.25) is 11.8 Å². The number of benzene rings is 2. The van der Waals surface area contributed by atoms with E-state index in [-0.39, 0.29) is 49.4 Å². The first-order valence-electron chi connectivity index (χ1n) is 13.5. The lowest BCUT2D eigenvalue weighted by Crippen LogP contribution is -2.34. The summed E-state index contributed by atoms with van der Waals surface area (Å²) in [5.41, 5.74) is 2.42. The molecule has 0 aromatic heterocycles. The van der Waals surface area contributed by atoms with E-state index in [2.05, 4.69) is 10.6 Å². The van der Waals surface area contributed by atoms with Gasteiger partial charge in [0.25, 0.3) is 0 Å². The van der Waals surface area contributed by atoms with Crippen molar-refractivity contribution in [1.82, 2.24) is 10.6 Å². The van der Waals surface area contributed by atoms with Gasteiger partial charge in [-0.25, -0.2) is 0 Å². The zero-order valence-corrected chi connectivity index (χ0v) is 22.1. The van der Waals surface area contributed by atoms with Crippen molar-refractivity contribution in [2.45, 2.75) is 64.2 Å². The first-order valence-corrected chi connectivity index (χ1v) is 13.5. The van der Waals surface area contributed by atoms with Crippen LogP contribution in [0.25, 0.3) is 0 Å². The molecule has 0 spiro atoms. The second kappa shape index (κ2) is 19.4. The average Bonchev–Trinajstić information content (AvgIpc) is 2.93. The largest absolute Gasteiger partial charge is 0.466 e. The zero-order chi connectivity index (χ0) is 27.3. The topological polar surface area (TPSA) is 111 Å². The molecule has 0 saturated heterocycles. The molecule has 0 atom stereocenters. The third-order valence-electron chi connectivity index (χ3n) is 5.77. The van der Waals surface area contributed by atoms with Crippen molar-refractivity contribution < 1.29 is 28.7 Å². The fourth-order valence-corrected chi connectivity index (χ4v) is 3.73. The number of nitrogens with one attached hydrogen (secondary N) is 2. The Labute approximate surface area is 225 Å². The Balaban J connectivity index is 1.37. The lowest BCUT2D eigenvalue weighted by molar-refractivity contribution is -0.145. The van der Waals surface area contributed by atoms with E-state index in [9.17, 15) is 19.2 Å². The van der Waals surface area contributed by atoms with Crippen molar-refractivity contribution in [3.05, 3.63) is 71.8 Å². The van der Waals surface area contributed by atoms with E-state index in [0.717, 1.165) is 25.7 Å². The van der Waals surface area contributed by atoms with Crippen LogP contribution in [0.15, 0.2) is 60.7 Å². The average molecular weight is 525 g/mol. The second-order valence-corrected chi connectivity index (χ2v) is 9.03. The Morgan fingerprint density at radius 2 is 0.921 bits per heavy atom. The maximum atomic E-state index is 11.9. The SMILES string of the molecule is O=C(CCCC(=O)OCCCc1ccccc1)NCCNC(=O)CCCC(=O)OCCCc1ccccc1. The van der Waals surface area contributed by atoms with Crippen LogP contribution < -0.4 is 10.6 Å². The van der Waals surface area contributed by atoms with Crippen molar-refractivity contribution in [2.75, 3.05) is 26.3 Å². The second-order valence-electron chi connectivity index (χ2n) is 9.03. The predicted octanol–water partition coefficient (Wildman–Crippen LogP) is 3.91. The highest BCUT2D eigenvalue weighted by atomic mass is 16.5. The lowest BCUT2D eigenvalue weighted by Gasteiger charge is -2.08. The fraction of sp³-hybridized carbons (Fsp3) is 0.467. The van der Waals surface area contributed by atoms with Crippen LogP contribution in [0.1, 0.15) is 62.5 Å². The van der Waals surface area contributed by atoms with Crippen molar-refractivity contribution in [1.29, 1.82) is 0 Å². The van der Waals surface area contributed by atoms with E-state index >= 15 is 0 Å². The van der Waals surface area contributed by atoms with Crippen molar-refractivity contribution in [3.8, 4) is 0 Å². The Morgan fingerprint density at radius 1 is 0.526 bits per heavy atom. The van der Waals surface area contributed by atoms with Gasteiger partial charge in [0.05, 0.1) is 13.2 Å². The number of aryl methyl sites for hydroxylation is 2. The lowest BCUT2D eigenvalue weighted by atomic mass is 10.1. The highest BCUT2D eigenvalue weighted by Crippen LogP contribution is 2.05. The molecule has 2 aromatic rings. The van der Waals surface area contributed by atoms with Crippen LogP contribution in [0, 0.1) is 0 Å². The van der Waals surface area contributed by atoms with E-state index in [1.165, 1.54) is 11.1 Å². The molecule has 8 nitrogen and oxygen atoms in total.